The van der Waals surface area contributed by atoms with E-state index in [4.69, 9.17) is 9.84 Å². The molecule has 0 saturated heterocycles. The van der Waals surface area contributed by atoms with Gasteiger partial charge >= 0.3 is 5.97 Å². The third-order valence-electron chi connectivity index (χ3n) is 7.25. The number of aliphatic hydroxyl groups excluding tert-OH is 1. The van der Waals surface area contributed by atoms with E-state index < -0.39 is 5.97 Å². The number of carbonyl (C=O) groups is 1. The molecule has 0 aromatic heterocycles. The van der Waals surface area contributed by atoms with Crippen molar-refractivity contribution >= 4 is 5.97 Å². The van der Waals surface area contributed by atoms with E-state index in [-0.39, 0.29) is 5.57 Å². The lowest BCUT2D eigenvalue weighted by molar-refractivity contribution is -0.139. The molecule has 1 N–H and O–H groups in total. The second-order valence-electron chi connectivity index (χ2n) is 10.8. The summed E-state index contributed by atoms with van der Waals surface area (Å²) < 4.78 is 5.08. The fourth-order valence-corrected chi connectivity index (χ4v) is 4.75. The smallest absolute Gasteiger partial charge is 0.336 e. The summed E-state index contributed by atoms with van der Waals surface area (Å²) in [6.07, 6.45) is 37.0. The van der Waals surface area contributed by atoms with Crippen molar-refractivity contribution in [3.05, 3.63) is 11.8 Å². The highest BCUT2D eigenvalue weighted by Crippen LogP contribution is 2.16. The van der Waals surface area contributed by atoms with Crippen molar-refractivity contribution in [2.24, 2.45) is 0 Å². The maximum absolute atomic E-state index is 11.4. The van der Waals surface area contributed by atoms with Gasteiger partial charge in [-0.05, 0) is 13.3 Å². The van der Waals surface area contributed by atoms with E-state index in [0.717, 1.165) is 19.1 Å². The highest BCUT2D eigenvalue weighted by atomic mass is 16.5. The second kappa shape index (κ2) is 29.2. The van der Waals surface area contributed by atoms with E-state index in [2.05, 4.69) is 6.92 Å². The van der Waals surface area contributed by atoms with Crippen LogP contribution in [0.3, 0.4) is 0 Å². The standard InChI is InChI=1S/C32H62O3/c1-3-4-5-6-7-8-9-10-11-12-13-14-15-16-17-18-19-20-21-22-23-24-25-26-27-28-29-35-32(34)31(2)30-33/h30,33H,3-29H2,1-2H3. The van der Waals surface area contributed by atoms with Crippen LogP contribution in [0.2, 0.25) is 0 Å². The summed E-state index contributed by atoms with van der Waals surface area (Å²) in [5, 5.41) is 8.74. The average molecular weight is 495 g/mol. The lowest BCUT2D eigenvalue weighted by Crippen LogP contribution is -2.07. The van der Waals surface area contributed by atoms with Gasteiger partial charge in [-0.15, -0.1) is 0 Å². The Labute approximate surface area is 219 Å². The summed E-state index contributed by atoms with van der Waals surface area (Å²) in [4.78, 5) is 11.4. The first kappa shape index (κ1) is 34.0. The van der Waals surface area contributed by atoms with Crippen LogP contribution in [0.5, 0.6) is 0 Å². The van der Waals surface area contributed by atoms with Crippen LogP contribution < -0.4 is 0 Å². The quantitative estimate of drug-likeness (QED) is 0.0509. The maximum atomic E-state index is 11.4. The molecule has 0 saturated carbocycles. The Morgan fingerprint density at radius 3 is 1.03 bits per heavy atom. The van der Waals surface area contributed by atoms with Crippen LogP contribution in [0.4, 0.5) is 0 Å². The lowest BCUT2D eigenvalue weighted by Gasteiger charge is -2.05. The Bertz CT molecular complexity index is 458. The monoisotopic (exact) mass is 494 g/mol. The van der Waals surface area contributed by atoms with Crippen molar-refractivity contribution in [3.8, 4) is 0 Å². The molecule has 0 aromatic rings. The lowest BCUT2D eigenvalue weighted by atomic mass is 10.0. The number of unbranched alkanes of at least 4 members (excludes halogenated alkanes) is 25. The van der Waals surface area contributed by atoms with Gasteiger partial charge < -0.3 is 9.84 Å². The molecule has 0 aliphatic rings. The van der Waals surface area contributed by atoms with Gasteiger partial charge in [0.15, 0.2) is 0 Å². The molecule has 0 amide bonds. The number of esters is 1. The van der Waals surface area contributed by atoms with E-state index in [0.29, 0.717) is 6.61 Å². The van der Waals surface area contributed by atoms with Crippen molar-refractivity contribution in [2.45, 2.75) is 181 Å². The molecule has 0 rings (SSSR count). The summed E-state index contributed by atoms with van der Waals surface area (Å²) in [5.41, 5.74) is 0.264. The maximum Gasteiger partial charge on any atom is 0.336 e. The molecule has 0 bridgehead atoms. The highest BCUT2D eigenvalue weighted by molar-refractivity contribution is 5.87. The van der Waals surface area contributed by atoms with Gasteiger partial charge in [0, 0.05) is 0 Å². The minimum Gasteiger partial charge on any atom is -0.515 e. The molecule has 0 aliphatic heterocycles. The fourth-order valence-electron chi connectivity index (χ4n) is 4.75. The molecule has 0 heterocycles. The minimum absolute atomic E-state index is 0.264. The Morgan fingerprint density at radius 2 is 0.771 bits per heavy atom. The number of carbonyl (C=O) groups excluding carboxylic acids is 1. The zero-order chi connectivity index (χ0) is 25.7. The zero-order valence-corrected chi connectivity index (χ0v) is 23.9. The number of hydrogen-bond donors (Lipinski definition) is 1. The normalized spacial score (nSPS) is 11.8. The third kappa shape index (κ3) is 27.4. The van der Waals surface area contributed by atoms with E-state index in [1.807, 2.05) is 0 Å². The SMILES string of the molecule is CCCCCCCCCCCCCCCCCCCCCCCCCCCCOC(=O)C(C)=CO. The van der Waals surface area contributed by atoms with Crippen LogP contribution in [-0.4, -0.2) is 17.7 Å². The molecule has 0 aliphatic carbocycles. The Morgan fingerprint density at radius 1 is 0.514 bits per heavy atom. The van der Waals surface area contributed by atoms with E-state index in [1.54, 1.807) is 6.92 Å². The summed E-state index contributed by atoms with van der Waals surface area (Å²) in [6.45, 7) is 4.32. The van der Waals surface area contributed by atoms with Gasteiger partial charge in [-0.3, -0.25) is 0 Å². The molecule has 0 atom stereocenters. The molecule has 0 aromatic carbocycles. The van der Waals surface area contributed by atoms with Gasteiger partial charge in [0.2, 0.25) is 0 Å². The largest absolute Gasteiger partial charge is 0.515 e. The van der Waals surface area contributed by atoms with Crippen molar-refractivity contribution in [3.63, 3.8) is 0 Å². The minimum atomic E-state index is -0.410. The van der Waals surface area contributed by atoms with Crippen molar-refractivity contribution in [2.75, 3.05) is 6.61 Å². The first-order valence-corrected chi connectivity index (χ1v) is 15.7. The van der Waals surface area contributed by atoms with E-state index in [1.165, 1.54) is 154 Å². The molecule has 0 fully saturated rings. The van der Waals surface area contributed by atoms with Crippen molar-refractivity contribution in [1.29, 1.82) is 0 Å². The summed E-state index contributed by atoms with van der Waals surface area (Å²) in [6, 6.07) is 0. The first-order chi connectivity index (χ1) is 17.2. The van der Waals surface area contributed by atoms with Crippen molar-refractivity contribution in [1.82, 2.24) is 0 Å². The molecule has 3 nitrogen and oxygen atoms in total. The molecular formula is C32H62O3. The molecule has 0 spiro atoms. The highest BCUT2D eigenvalue weighted by Gasteiger charge is 2.04. The fraction of sp³-hybridized carbons (Fsp3) is 0.906. The van der Waals surface area contributed by atoms with Crippen LogP contribution in [0, 0.1) is 0 Å². The van der Waals surface area contributed by atoms with Gasteiger partial charge in [0.05, 0.1) is 18.4 Å². The second-order valence-corrected chi connectivity index (χ2v) is 10.8. The van der Waals surface area contributed by atoms with Crippen LogP contribution >= 0.6 is 0 Å². The van der Waals surface area contributed by atoms with Crippen LogP contribution in [-0.2, 0) is 9.53 Å². The third-order valence-corrected chi connectivity index (χ3v) is 7.25. The molecule has 35 heavy (non-hydrogen) atoms. The molecular weight excluding hydrogens is 432 g/mol. The summed E-state index contributed by atoms with van der Waals surface area (Å²) in [5.74, 6) is -0.410. The summed E-state index contributed by atoms with van der Waals surface area (Å²) >= 11 is 0. The van der Waals surface area contributed by atoms with Gasteiger partial charge in [-0.25, -0.2) is 4.79 Å². The van der Waals surface area contributed by atoms with Gasteiger partial charge in [-0.2, -0.15) is 0 Å². The Kier molecular flexibility index (Phi) is 28.4. The molecule has 0 unspecified atom stereocenters. The van der Waals surface area contributed by atoms with Crippen molar-refractivity contribution < 1.29 is 14.6 Å². The van der Waals surface area contributed by atoms with Gasteiger partial charge in [0.25, 0.3) is 0 Å². The molecule has 0 radical (unpaired) electrons. The molecule has 208 valence electrons. The van der Waals surface area contributed by atoms with E-state index >= 15 is 0 Å². The summed E-state index contributed by atoms with van der Waals surface area (Å²) in [7, 11) is 0. The van der Waals surface area contributed by atoms with Crippen LogP contribution in [0.1, 0.15) is 181 Å². The van der Waals surface area contributed by atoms with Gasteiger partial charge in [0.1, 0.15) is 0 Å². The number of ether oxygens (including phenoxy) is 1. The van der Waals surface area contributed by atoms with Gasteiger partial charge in [-0.1, -0.05) is 167 Å². The molecule has 3 heteroatoms. The Balaban J connectivity index is 3.08. The number of rotatable bonds is 28. The predicted octanol–water partition coefficient (Wildman–Crippen LogP) is 11.2. The number of aliphatic hydroxyl groups is 1. The van der Waals surface area contributed by atoms with Crippen LogP contribution in [0.15, 0.2) is 11.8 Å². The number of hydrogen-bond acceptors (Lipinski definition) is 3. The topological polar surface area (TPSA) is 46.5 Å². The first-order valence-electron chi connectivity index (χ1n) is 15.7. The zero-order valence-electron chi connectivity index (χ0n) is 23.9. The Hall–Kier alpha value is -0.990. The average Bonchev–Trinajstić information content (AvgIpc) is 2.87. The van der Waals surface area contributed by atoms with Crippen LogP contribution in [0.25, 0.3) is 0 Å². The predicted molar refractivity (Wildman–Crippen MR) is 153 cm³/mol. The van der Waals surface area contributed by atoms with E-state index in [9.17, 15) is 4.79 Å².